The molecule has 4 rings (SSSR count). The number of imide groups is 1. The van der Waals surface area contributed by atoms with E-state index < -0.39 is 26.6 Å². The molecule has 1 aliphatic rings. The van der Waals surface area contributed by atoms with Gasteiger partial charge in [-0.3, -0.25) is 18.6 Å². The highest BCUT2D eigenvalue weighted by Crippen LogP contribution is 2.49. The molecule has 15 heteroatoms. The maximum absolute atomic E-state index is 13.8. The molecule has 256 valence electrons. The third-order valence-corrected chi connectivity index (χ3v) is 8.94. The van der Waals surface area contributed by atoms with Crippen molar-refractivity contribution >= 4 is 42.8 Å². The lowest BCUT2D eigenvalue weighted by molar-refractivity contribution is 0.00735. The Morgan fingerprint density at radius 1 is 1.02 bits per heavy atom. The molecule has 0 radical (unpaired) electrons. The molecule has 0 atom stereocenters. The van der Waals surface area contributed by atoms with Crippen molar-refractivity contribution in [2.45, 2.75) is 85.6 Å². The fourth-order valence-electron chi connectivity index (χ4n) is 4.61. The summed E-state index contributed by atoms with van der Waals surface area (Å²) in [4.78, 5) is 44.9. The molecule has 3 amide bonds. The van der Waals surface area contributed by atoms with E-state index in [1.807, 2.05) is 33.8 Å². The van der Waals surface area contributed by atoms with E-state index in [1.165, 1.54) is 17.0 Å². The maximum atomic E-state index is 13.8. The van der Waals surface area contributed by atoms with Gasteiger partial charge in [0, 0.05) is 30.0 Å². The summed E-state index contributed by atoms with van der Waals surface area (Å²) in [5.74, 6) is -0.332. The van der Waals surface area contributed by atoms with Crippen LogP contribution < -0.4 is 10.6 Å². The molecule has 1 aromatic carbocycles. The number of hydrogen-bond donors (Lipinski definition) is 2. The Balaban J connectivity index is 1.50. The quantitative estimate of drug-likeness (QED) is 0.0841. The van der Waals surface area contributed by atoms with E-state index in [4.69, 9.17) is 18.3 Å². The Hall–Kier alpha value is -3.84. The van der Waals surface area contributed by atoms with Crippen LogP contribution in [0.25, 0.3) is 5.52 Å². The Kier molecular flexibility index (Phi) is 12.9. The number of nitrogens with one attached hydrogen (secondary N) is 2. The second-order valence-electron chi connectivity index (χ2n) is 11.4. The van der Waals surface area contributed by atoms with Crippen molar-refractivity contribution < 1.29 is 37.3 Å². The van der Waals surface area contributed by atoms with Crippen molar-refractivity contribution in [2.75, 3.05) is 31.9 Å². The number of nitrogens with zero attached hydrogens (tertiary/aromatic N) is 4. The third kappa shape index (κ3) is 9.60. The Bertz CT molecular complexity index is 1590. The first kappa shape index (κ1) is 36.0. The van der Waals surface area contributed by atoms with Gasteiger partial charge in [0.1, 0.15) is 11.8 Å². The largest absolute Gasteiger partial charge is 0.477 e. The van der Waals surface area contributed by atoms with Crippen molar-refractivity contribution in [3.63, 3.8) is 0 Å². The first-order chi connectivity index (χ1) is 22.6. The van der Waals surface area contributed by atoms with Gasteiger partial charge in [-0.05, 0) is 69.2 Å². The van der Waals surface area contributed by atoms with Gasteiger partial charge in [-0.1, -0.05) is 39.7 Å². The number of anilines is 2. The standard InChI is InChI=1S/C32H45N6O8P/c1-6-9-16-44-47(42,45-17-10-7-2)46-21-43-32(41)37(15-8-3)31(40)26-19-38-28(23(26)5)29(33-20-34-38)36-27-18-24(12-11-22(27)4)30(39)35-25-13-14-25/h11-12,18-20,25H,6-10,13-17,21H2,1-5H3,(H,35,39)(H,33,34,36). The van der Waals surface area contributed by atoms with Crippen molar-refractivity contribution in [2.24, 2.45) is 0 Å². The average Bonchev–Trinajstić information content (AvgIpc) is 3.80. The first-order valence-electron chi connectivity index (χ1n) is 16.1. The highest BCUT2D eigenvalue weighted by molar-refractivity contribution is 7.48. The number of aromatic nitrogens is 3. The number of benzene rings is 1. The molecule has 0 aliphatic heterocycles. The number of aryl methyl sites for hydroxylation is 2. The topological polar surface area (TPSA) is 163 Å². The normalized spacial score (nSPS) is 13.0. The minimum absolute atomic E-state index is 0.0622. The van der Waals surface area contributed by atoms with E-state index >= 15 is 0 Å². The number of unbranched alkanes of at least 4 members (excludes halogenated alkanes) is 2. The summed E-state index contributed by atoms with van der Waals surface area (Å²) in [6, 6.07) is 5.62. The smallest absolute Gasteiger partial charge is 0.421 e. The van der Waals surface area contributed by atoms with Gasteiger partial charge in [-0.15, -0.1) is 0 Å². The minimum atomic E-state index is -3.97. The predicted octanol–water partition coefficient (Wildman–Crippen LogP) is 6.69. The van der Waals surface area contributed by atoms with Gasteiger partial charge in [0.2, 0.25) is 6.79 Å². The predicted molar refractivity (Wildman–Crippen MR) is 176 cm³/mol. The Labute approximate surface area is 275 Å². The number of rotatable bonds is 18. The summed E-state index contributed by atoms with van der Waals surface area (Å²) in [6.07, 6.45) is 7.28. The fraction of sp³-hybridized carbons (Fsp3) is 0.531. The zero-order valence-corrected chi connectivity index (χ0v) is 28.6. The lowest BCUT2D eigenvalue weighted by Gasteiger charge is -2.21. The number of hydrogen-bond acceptors (Lipinski definition) is 11. The van der Waals surface area contributed by atoms with Crippen molar-refractivity contribution in [1.29, 1.82) is 0 Å². The fourth-order valence-corrected chi connectivity index (χ4v) is 5.72. The van der Waals surface area contributed by atoms with Crippen LogP contribution in [0.3, 0.4) is 0 Å². The molecule has 1 aliphatic carbocycles. The highest BCUT2D eigenvalue weighted by atomic mass is 31.2. The van der Waals surface area contributed by atoms with Crippen LogP contribution in [-0.2, 0) is 22.9 Å². The van der Waals surface area contributed by atoms with Crippen molar-refractivity contribution in [3.8, 4) is 0 Å². The molecular weight excluding hydrogens is 627 g/mol. The lowest BCUT2D eigenvalue weighted by Crippen LogP contribution is -2.38. The number of amides is 3. The molecule has 0 saturated heterocycles. The monoisotopic (exact) mass is 672 g/mol. The number of fused-ring (bicyclic) bond motifs is 1. The molecule has 0 bridgehead atoms. The van der Waals surface area contributed by atoms with Gasteiger partial charge in [-0.2, -0.15) is 5.10 Å². The van der Waals surface area contributed by atoms with Crippen LogP contribution in [0.15, 0.2) is 30.7 Å². The molecule has 2 aromatic heterocycles. The van der Waals surface area contributed by atoms with E-state index in [2.05, 4.69) is 20.7 Å². The van der Waals surface area contributed by atoms with Gasteiger partial charge in [-0.25, -0.2) is 28.3 Å². The average molecular weight is 673 g/mol. The van der Waals surface area contributed by atoms with Crippen molar-refractivity contribution in [3.05, 3.63) is 53.0 Å². The number of carbonyl (C=O) groups excluding carboxylic acids is 3. The summed E-state index contributed by atoms with van der Waals surface area (Å²) in [7, 11) is -3.97. The van der Waals surface area contributed by atoms with Crippen LogP contribution >= 0.6 is 7.82 Å². The zero-order valence-electron chi connectivity index (χ0n) is 27.7. The highest BCUT2D eigenvalue weighted by Gasteiger charge is 2.31. The van der Waals surface area contributed by atoms with Crippen molar-refractivity contribution in [1.82, 2.24) is 24.8 Å². The van der Waals surface area contributed by atoms with Crippen LogP contribution in [0, 0.1) is 13.8 Å². The molecule has 3 aromatic rings. The zero-order chi connectivity index (χ0) is 34.0. The SMILES string of the molecule is CCCCOP(=O)(OCCCC)OCOC(=O)N(CCC)C(=O)c1cn2ncnc(Nc3cc(C(=O)NC4CC4)ccc3C)c2c1C. The van der Waals surface area contributed by atoms with Crippen LogP contribution in [0.5, 0.6) is 0 Å². The van der Waals surface area contributed by atoms with Gasteiger partial charge in [0.05, 0.1) is 18.8 Å². The molecule has 1 saturated carbocycles. The molecule has 0 spiro atoms. The second kappa shape index (κ2) is 16.8. The summed E-state index contributed by atoms with van der Waals surface area (Å²) < 4.78 is 35.8. The summed E-state index contributed by atoms with van der Waals surface area (Å²) in [5, 5.41) is 10.6. The Morgan fingerprint density at radius 3 is 2.36 bits per heavy atom. The number of ether oxygens (including phenoxy) is 1. The molecule has 14 nitrogen and oxygen atoms in total. The van der Waals surface area contributed by atoms with E-state index in [0.717, 1.165) is 36.1 Å². The second-order valence-corrected chi connectivity index (χ2v) is 13.1. The lowest BCUT2D eigenvalue weighted by atomic mass is 10.1. The summed E-state index contributed by atoms with van der Waals surface area (Å²) in [6.45, 7) is 9.05. The first-order valence-corrected chi connectivity index (χ1v) is 17.6. The molecule has 1 fully saturated rings. The van der Waals surface area contributed by atoms with E-state index in [9.17, 15) is 18.9 Å². The van der Waals surface area contributed by atoms with Gasteiger partial charge < -0.3 is 15.4 Å². The van der Waals surface area contributed by atoms with Gasteiger partial charge >= 0.3 is 13.9 Å². The van der Waals surface area contributed by atoms with Gasteiger partial charge in [0.25, 0.3) is 11.8 Å². The summed E-state index contributed by atoms with van der Waals surface area (Å²) >= 11 is 0. The summed E-state index contributed by atoms with van der Waals surface area (Å²) in [5.41, 5.74) is 3.35. The van der Waals surface area contributed by atoms with Crippen LogP contribution in [0.1, 0.15) is 97.6 Å². The van der Waals surface area contributed by atoms with Crippen LogP contribution in [0.4, 0.5) is 16.3 Å². The number of phosphoric ester groups is 1. The molecule has 47 heavy (non-hydrogen) atoms. The van der Waals surface area contributed by atoms with E-state index in [-0.39, 0.29) is 37.3 Å². The Morgan fingerprint density at radius 2 is 1.72 bits per heavy atom. The third-order valence-electron chi connectivity index (χ3n) is 7.52. The molecule has 2 heterocycles. The molecular formula is C32H45N6O8P. The number of carbonyl (C=O) groups is 3. The van der Waals surface area contributed by atoms with Crippen LogP contribution in [0.2, 0.25) is 0 Å². The van der Waals surface area contributed by atoms with E-state index in [1.54, 1.807) is 19.1 Å². The molecule has 2 N–H and O–H groups in total. The number of phosphoric acid groups is 1. The molecule has 0 unspecified atom stereocenters. The van der Waals surface area contributed by atoms with Crippen LogP contribution in [-0.4, -0.2) is 70.0 Å². The maximum Gasteiger partial charge on any atom is 0.477 e. The van der Waals surface area contributed by atoms with E-state index in [0.29, 0.717) is 47.4 Å². The minimum Gasteiger partial charge on any atom is -0.421 e. The van der Waals surface area contributed by atoms with Gasteiger partial charge in [0.15, 0.2) is 5.82 Å².